The fraction of sp³-hybridized carbons (Fsp3) is 0.667. The zero-order chi connectivity index (χ0) is 16.3. The Hall–Kier alpha value is -1.25. The van der Waals surface area contributed by atoms with Gasteiger partial charge in [0.05, 0.1) is 12.7 Å². The van der Waals surface area contributed by atoms with Gasteiger partial charge in [-0.1, -0.05) is 0 Å². The van der Waals surface area contributed by atoms with Crippen molar-refractivity contribution in [3.05, 3.63) is 32.6 Å². The Labute approximate surface area is 128 Å². The van der Waals surface area contributed by atoms with E-state index in [1.165, 1.54) is 15.4 Å². The van der Waals surface area contributed by atoms with E-state index in [1.807, 2.05) is 0 Å². The summed E-state index contributed by atoms with van der Waals surface area (Å²) in [4.78, 5) is 25.5. The summed E-state index contributed by atoms with van der Waals surface area (Å²) < 4.78 is 25.5. The van der Waals surface area contributed by atoms with Crippen molar-refractivity contribution >= 4 is 8.18 Å². The SMILES string of the molecule is Cc1cn(C2CNCC(CO[PH](=O)N(C)C)O2)c(=O)[nH]c1=O. The summed E-state index contributed by atoms with van der Waals surface area (Å²) in [5.74, 6) is 0. The summed E-state index contributed by atoms with van der Waals surface area (Å²) in [5, 5.41) is 3.14. The quantitative estimate of drug-likeness (QED) is 0.687. The second-order valence-corrected chi connectivity index (χ2v) is 7.04. The van der Waals surface area contributed by atoms with E-state index in [9.17, 15) is 14.2 Å². The number of nitrogens with zero attached hydrogens (tertiary/aromatic N) is 2. The van der Waals surface area contributed by atoms with Crippen LogP contribution in [0.4, 0.5) is 0 Å². The Morgan fingerprint density at radius 3 is 2.86 bits per heavy atom. The van der Waals surface area contributed by atoms with Crippen LogP contribution in [0.5, 0.6) is 0 Å². The van der Waals surface area contributed by atoms with E-state index in [0.717, 1.165) is 0 Å². The van der Waals surface area contributed by atoms with Crippen LogP contribution < -0.4 is 16.6 Å². The third kappa shape index (κ3) is 4.15. The smallest absolute Gasteiger partial charge is 0.330 e. The predicted molar refractivity (Wildman–Crippen MR) is 81.5 cm³/mol. The molecule has 10 heteroatoms. The minimum absolute atomic E-state index is 0.163. The number of rotatable bonds is 5. The van der Waals surface area contributed by atoms with E-state index in [1.54, 1.807) is 21.0 Å². The van der Waals surface area contributed by atoms with Crippen molar-refractivity contribution < 1.29 is 13.8 Å². The largest absolute Gasteiger partial charge is 0.350 e. The zero-order valence-electron chi connectivity index (χ0n) is 12.8. The van der Waals surface area contributed by atoms with Gasteiger partial charge in [-0.25, -0.2) is 9.46 Å². The molecule has 1 aliphatic heterocycles. The van der Waals surface area contributed by atoms with Crippen LogP contribution in [-0.4, -0.2) is 54.1 Å². The molecule has 3 atom stereocenters. The van der Waals surface area contributed by atoms with Gasteiger partial charge in [0.1, 0.15) is 0 Å². The number of H-pyrrole nitrogens is 1. The summed E-state index contributed by atoms with van der Waals surface area (Å²) in [6.45, 7) is 2.76. The number of nitrogens with one attached hydrogen (secondary N) is 2. The van der Waals surface area contributed by atoms with Crippen molar-refractivity contribution in [3.8, 4) is 0 Å². The topological polar surface area (TPSA) is 106 Å². The summed E-state index contributed by atoms with van der Waals surface area (Å²) >= 11 is 0. The summed E-state index contributed by atoms with van der Waals surface area (Å²) in [5.41, 5.74) is -0.500. The number of hydrogen-bond donors (Lipinski definition) is 2. The van der Waals surface area contributed by atoms with Crippen molar-refractivity contribution in [2.45, 2.75) is 19.3 Å². The van der Waals surface area contributed by atoms with Crippen LogP contribution >= 0.6 is 8.18 Å². The molecular formula is C12H21N4O5P. The lowest BCUT2D eigenvalue weighted by atomic mass is 10.3. The third-order valence-electron chi connectivity index (χ3n) is 3.25. The Balaban J connectivity index is 2.05. The first-order valence-corrected chi connectivity index (χ1v) is 8.17. The maximum absolute atomic E-state index is 11.9. The lowest BCUT2D eigenvalue weighted by molar-refractivity contribution is -0.0929. The standard InChI is InChI=1S/C12H21N4O5P/c1-8-6-16(12(18)14-11(8)17)10-5-13-4-9(21-10)7-20-22(19)15(2)3/h6,9-10,13,22H,4-5,7H2,1-3H3,(H,14,17,18). The summed E-state index contributed by atoms with van der Waals surface area (Å²) in [7, 11) is 1.10. The highest BCUT2D eigenvalue weighted by molar-refractivity contribution is 7.36. The van der Waals surface area contributed by atoms with E-state index < -0.39 is 25.7 Å². The predicted octanol–water partition coefficient (Wildman–Crippen LogP) is -0.700. The van der Waals surface area contributed by atoms with Crippen molar-refractivity contribution in [1.82, 2.24) is 19.5 Å². The highest BCUT2D eigenvalue weighted by Crippen LogP contribution is 2.25. The van der Waals surface area contributed by atoms with Crippen LogP contribution in [0.2, 0.25) is 0 Å². The zero-order valence-corrected chi connectivity index (χ0v) is 13.8. The van der Waals surface area contributed by atoms with Gasteiger partial charge < -0.3 is 14.6 Å². The van der Waals surface area contributed by atoms with Gasteiger partial charge in [-0.2, -0.15) is 0 Å². The monoisotopic (exact) mass is 332 g/mol. The molecule has 0 aromatic carbocycles. The van der Waals surface area contributed by atoms with Gasteiger partial charge in [0.25, 0.3) is 13.7 Å². The van der Waals surface area contributed by atoms with Crippen LogP contribution in [0.25, 0.3) is 0 Å². The molecule has 1 saturated heterocycles. The third-order valence-corrected chi connectivity index (χ3v) is 4.40. The van der Waals surface area contributed by atoms with Crippen LogP contribution in [0, 0.1) is 6.92 Å². The van der Waals surface area contributed by atoms with E-state index in [-0.39, 0.29) is 12.7 Å². The molecule has 0 bridgehead atoms. The van der Waals surface area contributed by atoms with E-state index >= 15 is 0 Å². The fourth-order valence-electron chi connectivity index (χ4n) is 2.04. The summed E-state index contributed by atoms with van der Waals surface area (Å²) in [6.07, 6.45) is 0.596. The van der Waals surface area contributed by atoms with Gasteiger partial charge in [-0.3, -0.25) is 18.9 Å². The second kappa shape index (κ2) is 7.34. The van der Waals surface area contributed by atoms with E-state index in [2.05, 4.69) is 10.3 Å². The molecule has 0 radical (unpaired) electrons. The molecule has 0 saturated carbocycles. The normalized spacial score (nSPS) is 23.6. The first-order chi connectivity index (χ1) is 10.4. The molecule has 1 fully saturated rings. The average molecular weight is 332 g/mol. The average Bonchev–Trinajstić information content (AvgIpc) is 2.48. The molecular weight excluding hydrogens is 311 g/mol. The van der Waals surface area contributed by atoms with E-state index in [0.29, 0.717) is 18.7 Å². The second-order valence-electron chi connectivity index (χ2n) is 5.32. The van der Waals surface area contributed by atoms with Crippen LogP contribution in [0.15, 0.2) is 15.8 Å². The van der Waals surface area contributed by atoms with Crippen molar-refractivity contribution in [1.29, 1.82) is 0 Å². The Morgan fingerprint density at radius 1 is 1.45 bits per heavy atom. The summed E-state index contributed by atoms with van der Waals surface area (Å²) in [6, 6.07) is 0. The highest BCUT2D eigenvalue weighted by atomic mass is 31.1. The minimum Gasteiger partial charge on any atom is -0.350 e. The van der Waals surface area contributed by atoms with Crippen molar-refractivity contribution in [2.75, 3.05) is 33.8 Å². The number of morpholine rings is 1. The molecule has 22 heavy (non-hydrogen) atoms. The van der Waals surface area contributed by atoms with Gasteiger partial charge >= 0.3 is 5.69 Å². The molecule has 0 aliphatic carbocycles. The molecule has 1 aromatic rings. The first-order valence-electron chi connectivity index (χ1n) is 6.91. The van der Waals surface area contributed by atoms with Gasteiger partial charge in [0, 0.05) is 24.8 Å². The number of ether oxygens (including phenoxy) is 1. The molecule has 1 aromatic heterocycles. The lowest BCUT2D eigenvalue weighted by Crippen LogP contribution is -2.47. The molecule has 124 valence electrons. The van der Waals surface area contributed by atoms with E-state index in [4.69, 9.17) is 9.26 Å². The Bertz CT molecular complexity index is 656. The van der Waals surface area contributed by atoms with Gasteiger partial charge in [0.2, 0.25) is 0 Å². The Morgan fingerprint density at radius 2 is 2.18 bits per heavy atom. The van der Waals surface area contributed by atoms with Gasteiger partial charge in [-0.05, 0) is 21.0 Å². The fourth-order valence-corrected chi connectivity index (χ4v) is 2.63. The molecule has 1 aliphatic rings. The minimum atomic E-state index is -2.25. The number of hydrogen-bond acceptors (Lipinski definition) is 6. The maximum Gasteiger partial charge on any atom is 0.330 e. The maximum atomic E-state index is 11.9. The Kier molecular flexibility index (Phi) is 5.71. The van der Waals surface area contributed by atoms with Gasteiger partial charge in [0.15, 0.2) is 6.23 Å². The first kappa shape index (κ1) is 17.1. The molecule has 0 spiro atoms. The number of aromatic nitrogens is 2. The lowest BCUT2D eigenvalue weighted by Gasteiger charge is -2.31. The molecule has 9 nitrogen and oxygen atoms in total. The van der Waals surface area contributed by atoms with Gasteiger partial charge in [-0.15, -0.1) is 0 Å². The van der Waals surface area contributed by atoms with Crippen molar-refractivity contribution in [3.63, 3.8) is 0 Å². The molecule has 2 rings (SSSR count). The molecule has 2 heterocycles. The van der Waals surface area contributed by atoms with Crippen molar-refractivity contribution in [2.24, 2.45) is 0 Å². The highest BCUT2D eigenvalue weighted by Gasteiger charge is 2.25. The number of aromatic amines is 1. The van der Waals surface area contributed by atoms with Crippen LogP contribution in [0.1, 0.15) is 11.8 Å². The molecule has 2 N–H and O–H groups in total. The molecule has 0 amide bonds. The van der Waals surface area contributed by atoms with Crippen LogP contribution in [0.3, 0.4) is 0 Å². The van der Waals surface area contributed by atoms with Crippen LogP contribution in [-0.2, 0) is 13.8 Å². The molecule has 3 unspecified atom stereocenters. The number of aryl methyl sites for hydroxylation is 1.